The molecule has 0 spiro atoms. The third-order valence-corrected chi connectivity index (χ3v) is 2.54. The Morgan fingerprint density at radius 2 is 1.94 bits per heavy atom. The van der Waals surface area contributed by atoms with Gasteiger partial charge in [-0.15, -0.1) is 0 Å². The first-order chi connectivity index (χ1) is 8.43. The number of anilines is 2. The Balaban J connectivity index is 2.95. The first-order valence-corrected chi connectivity index (χ1v) is 5.83. The summed E-state index contributed by atoms with van der Waals surface area (Å²) in [6.45, 7) is 5.38. The molecule has 0 heterocycles. The predicted octanol–water partition coefficient (Wildman–Crippen LogP) is 1.49. The molecule has 1 unspecified atom stereocenters. The minimum Gasteiger partial charge on any atom is -0.330 e. The monoisotopic (exact) mass is 249 g/mol. The van der Waals surface area contributed by atoms with Crippen molar-refractivity contribution >= 4 is 23.2 Å². The molecule has 1 rings (SSSR count). The number of nitrogens with one attached hydrogen (secondary N) is 2. The Bertz CT molecular complexity index is 458. The van der Waals surface area contributed by atoms with Crippen LogP contribution in [0.25, 0.3) is 0 Å². The zero-order valence-corrected chi connectivity index (χ0v) is 10.9. The molecule has 0 saturated carbocycles. The van der Waals surface area contributed by atoms with Crippen molar-refractivity contribution in [3.8, 4) is 0 Å². The summed E-state index contributed by atoms with van der Waals surface area (Å²) >= 11 is 0. The Morgan fingerprint density at radius 3 is 2.50 bits per heavy atom. The summed E-state index contributed by atoms with van der Waals surface area (Å²) in [5.41, 5.74) is 7.63. The van der Waals surface area contributed by atoms with Crippen molar-refractivity contribution < 1.29 is 9.59 Å². The second-order valence-corrected chi connectivity index (χ2v) is 4.36. The molecule has 0 fully saturated rings. The second-order valence-electron chi connectivity index (χ2n) is 4.36. The van der Waals surface area contributed by atoms with Gasteiger partial charge in [-0.05, 0) is 24.6 Å². The van der Waals surface area contributed by atoms with Crippen LogP contribution in [0.4, 0.5) is 11.4 Å². The molecule has 0 aliphatic rings. The average Bonchev–Trinajstić information content (AvgIpc) is 2.31. The van der Waals surface area contributed by atoms with Gasteiger partial charge in [-0.25, -0.2) is 0 Å². The molecule has 0 aromatic heterocycles. The molecule has 0 aliphatic heterocycles. The van der Waals surface area contributed by atoms with E-state index in [0.717, 1.165) is 5.56 Å². The van der Waals surface area contributed by atoms with Gasteiger partial charge in [0.05, 0.1) is 11.4 Å². The van der Waals surface area contributed by atoms with E-state index in [1.165, 1.54) is 6.92 Å². The number of carbonyl (C=O) groups is 2. The smallest absolute Gasteiger partial charge is 0.228 e. The molecule has 0 aliphatic carbocycles. The van der Waals surface area contributed by atoms with E-state index in [9.17, 15) is 9.59 Å². The van der Waals surface area contributed by atoms with Crippen molar-refractivity contribution in [2.75, 3.05) is 17.2 Å². The normalized spacial score (nSPS) is 11.8. The molecule has 1 aromatic rings. The molecule has 4 N–H and O–H groups in total. The topological polar surface area (TPSA) is 84.2 Å². The predicted molar refractivity (Wildman–Crippen MR) is 72.3 cm³/mol. The standard InChI is InChI=1S/C13H19N3O2/c1-8-4-5-11(15-10(3)17)12(6-8)16-13(18)9(2)7-14/h4-6,9H,7,14H2,1-3H3,(H,15,17)(H,16,18). The maximum atomic E-state index is 11.8. The summed E-state index contributed by atoms with van der Waals surface area (Å²) in [5, 5.41) is 5.45. The number of aryl methyl sites for hydroxylation is 1. The van der Waals surface area contributed by atoms with Gasteiger partial charge in [-0.2, -0.15) is 0 Å². The summed E-state index contributed by atoms with van der Waals surface area (Å²) in [6, 6.07) is 5.44. The molecular weight excluding hydrogens is 230 g/mol. The Morgan fingerprint density at radius 1 is 1.28 bits per heavy atom. The molecule has 18 heavy (non-hydrogen) atoms. The molecule has 0 radical (unpaired) electrons. The Hall–Kier alpha value is -1.88. The van der Waals surface area contributed by atoms with Gasteiger partial charge in [-0.1, -0.05) is 13.0 Å². The summed E-state index contributed by atoms with van der Waals surface area (Å²) in [4.78, 5) is 22.9. The number of rotatable bonds is 4. The maximum absolute atomic E-state index is 11.8. The number of carbonyl (C=O) groups excluding carboxylic acids is 2. The van der Waals surface area contributed by atoms with Crippen LogP contribution in [-0.2, 0) is 9.59 Å². The number of hydrogen-bond acceptors (Lipinski definition) is 3. The molecule has 5 nitrogen and oxygen atoms in total. The van der Waals surface area contributed by atoms with Gasteiger partial charge >= 0.3 is 0 Å². The maximum Gasteiger partial charge on any atom is 0.228 e. The molecule has 0 bridgehead atoms. The largest absolute Gasteiger partial charge is 0.330 e. The third kappa shape index (κ3) is 3.85. The van der Waals surface area contributed by atoms with Crippen LogP contribution in [0, 0.1) is 12.8 Å². The van der Waals surface area contributed by atoms with Crippen LogP contribution >= 0.6 is 0 Å². The van der Waals surface area contributed by atoms with Gasteiger partial charge in [0.2, 0.25) is 11.8 Å². The van der Waals surface area contributed by atoms with Crippen LogP contribution in [0.3, 0.4) is 0 Å². The van der Waals surface area contributed by atoms with Gasteiger partial charge in [0.1, 0.15) is 0 Å². The average molecular weight is 249 g/mol. The Kier molecular flexibility index (Phi) is 4.85. The van der Waals surface area contributed by atoms with Crippen molar-refractivity contribution in [2.45, 2.75) is 20.8 Å². The fourth-order valence-electron chi connectivity index (χ4n) is 1.42. The van der Waals surface area contributed by atoms with Crippen LogP contribution in [0.5, 0.6) is 0 Å². The number of hydrogen-bond donors (Lipinski definition) is 3. The van der Waals surface area contributed by atoms with E-state index in [2.05, 4.69) is 10.6 Å². The van der Waals surface area contributed by atoms with Crippen molar-refractivity contribution in [1.82, 2.24) is 0 Å². The fraction of sp³-hybridized carbons (Fsp3) is 0.385. The van der Waals surface area contributed by atoms with Gasteiger partial charge in [0.15, 0.2) is 0 Å². The summed E-state index contributed by atoms with van der Waals surface area (Å²) in [5.74, 6) is -0.605. The van der Waals surface area contributed by atoms with E-state index in [1.54, 1.807) is 13.0 Å². The van der Waals surface area contributed by atoms with Gasteiger partial charge < -0.3 is 16.4 Å². The first kappa shape index (κ1) is 14.2. The van der Waals surface area contributed by atoms with Gasteiger partial charge in [0.25, 0.3) is 0 Å². The van der Waals surface area contributed by atoms with E-state index >= 15 is 0 Å². The zero-order chi connectivity index (χ0) is 13.7. The highest BCUT2D eigenvalue weighted by molar-refractivity contribution is 5.99. The van der Waals surface area contributed by atoms with E-state index in [0.29, 0.717) is 11.4 Å². The molecule has 2 amide bonds. The molecule has 98 valence electrons. The van der Waals surface area contributed by atoms with Crippen molar-refractivity contribution in [2.24, 2.45) is 11.7 Å². The van der Waals surface area contributed by atoms with Crippen LogP contribution in [0.1, 0.15) is 19.4 Å². The highest BCUT2D eigenvalue weighted by Crippen LogP contribution is 2.23. The molecule has 1 atom stereocenters. The van der Waals surface area contributed by atoms with Crippen LogP contribution in [0.2, 0.25) is 0 Å². The fourth-order valence-corrected chi connectivity index (χ4v) is 1.42. The summed E-state index contributed by atoms with van der Waals surface area (Å²) < 4.78 is 0. The second kappa shape index (κ2) is 6.16. The van der Waals surface area contributed by atoms with Crippen LogP contribution in [-0.4, -0.2) is 18.4 Å². The van der Waals surface area contributed by atoms with Gasteiger partial charge in [-0.3, -0.25) is 9.59 Å². The lowest BCUT2D eigenvalue weighted by molar-refractivity contribution is -0.119. The Labute approximate surface area is 107 Å². The van der Waals surface area contributed by atoms with Crippen molar-refractivity contribution in [3.63, 3.8) is 0 Å². The van der Waals surface area contributed by atoms with Crippen LogP contribution in [0.15, 0.2) is 18.2 Å². The number of nitrogens with two attached hydrogens (primary N) is 1. The quantitative estimate of drug-likeness (QED) is 0.755. The molecule has 1 aromatic carbocycles. The van der Waals surface area contributed by atoms with Crippen molar-refractivity contribution in [1.29, 1.82) is 0 Å². The summed E-state index contributed by atoms with van der Waals surface area (Å²) in [6.07, 6.45) is 0. The first-order valence-electron chi connectivity index (χ1n) is 5.83. The van der Waals surface area contributed by atoms with E-state index in [-0.39, 0.29) is 24.3 Å². The summed E-state index contributed by atoms with van der Waals surface area (Å²) in [7, 11) is 0. The molecule has 0 saturated heterocycles. The number of benzene rings is 1. The number of amides is 2. The molecular formula is C13H19N3O2. The lowest BCUT2D eigenvalue weighted by Crippen LogP contribution is -2.27. The van der Waals surface area contributed by atoms with E-state index in [1.807, 2.05) is 19.1 Å². The molecule has 5 heteroatoms. The van der Waals surface area contributed by atoms with E-state index < -0.39 is 0 Å². The van der Waals surface area contributed by atoms with Crippen molar-refractivity contribution in [3.05, 3.63) is 23.8 Å². The highest BCUT2D eigenvalue weighted by Gasteiger charge is 2.13. The third-order valence-electron chi connectivity index (χ3n) is 2.54. The minimum absolute atomic E-state index is 0.158. The van der Waals surface area contributed by atoms with E-state index in [4.69, 9.17) is 5.73 Å². The SMILES string of the molecule is CC(=O)Nc1ccc(C)cc1NC(=O)C(C)CN. The van der Waals surface area contributed by atoms with Gasteiger partial charge in [0, 0.05) is 19.4 Å². The minimum atomic E-state index is -0.268. The lowest BCUT2D eigenvalue weighted by Gasteiger charge is -2.14. The highest BCUT2D eigenvalue weighted by atomic mass is 16.2. The van der Waals surface area contributed by atoms with Crippen LogP contribution < -0.4 is 16.4 Å². The zero-order valence-electron chi connectivity index (χ0n) is 10.9. The lowest BCUT2D eigenvalue weighted by atomic mass is 10.1.